The van der Waals surface area contributed by atoms with Gasteiger partial charge in [0.2, 0.25) is 0 Å². The number of ketones is 1. The third-order valence-corrected chi connectivity index (χ3v) is 7.16. The van der Waals surface area contributed by atoms with E-state index in [1.165, 1.54) is 11.8 Å². The Labute approximate surface area is 239 Å². The predicted octanol–water partition coefficient (Wildman–Crippen LogP) is 6.84. The Hall–Kier alpha value is -4.14. The highest BCUT2D eigenvalue weighted by Crippen LogP contribution is 2.23. The first-order valence-electron chi connectivity index (χ1n) is 12.0. The van der Waals surface area contributed by atoms with E-state index in [0.717, 1.165) is 9.37 Å². The summed E-state index contributed by atoms with van der Waals surface area (Å²) in [4.78, 5) is 39.5. The summed E-state index contributed by atoms with van der Waals surface area (Å²) < 4.78 is 6.32. The molecule has 0 aliphatic heterocycles. The number of rotatable bonds is 10. The number of benzene rings is 4. The quantitative estimate of drug-likeness (QED) is 0.118. The second-order valence-electron chi connectivity index (χ2n) is 8.32. The van der Waals surface area contributed by atoms with Crippen molar-refractivity contribution in [1.82, 2.24) is 5.32 Å². The largest absolute Gasteiger partial charge is 0.496 e. The average Bonchev–Trinajstić information content (AvgIpc) is 2.97. The van der Waals surface area contributed by atoms with Crippen LogP contribution in [0.4, 0.5) is 5.69 Å². The van der Waals surface area contributed by atoms with E-state index in [0.29, 0.717) is 33.9 Å². The van der Waals surface area contributed by atoms with Crippen molar-refractivity contribution >= 4 is 57.1 Å². The molecule has 196 valence electrons. The fourth-order valence-corrected chi connectivity index (χ4v) is 4.64. The summed E-state index contributed by atoms with van der Waals surface area (Å²) in [5.74, 6) is -0.00365. The molecular formula is C31H25BrN2O4S. The summed E-state index contributed by atoms with van der Waals surface area (Å²) in [5.41, 5.74) is 2.33. The molecular weight excluding hydrogens is 576 g/mol. The number of Topliss-reactive ketones (excluding diaryl/α,β-unsaturated/α-hetero) is 1. The molecule has 8 heteroatoms. The van der Waals surface area contributed by atoms with Crippen LogP contribution in [-0.2, 0) is 4.79 Å². The summed E-state index contributed by atoms with van der Waals surface area (Å²) in [6, 6.07) is 30.3. The second kappa shape index (κ2) is 13.6. The van der Waals surface area contributed by atoms with Gasteiger partial charge >= 0.3 is 0 Å². The van der Waals surface area contributed by atoms with E-state index < -0.39 is 11.8 Å². The van der Waals surface area contributed by atoms with Crippen LogP contribution in [0.2, 0.25) is 0 Å². The molecule has 2 amide bonds. The van der Waals surface area contributed by atoms with Gasteiger partial charge in [-0.05, 0) is 60.7 Å². The van der Waals surface area contributed by atoms with E-state index >= 15 is 0 Å². The van der Waals surface area contributed by atoms with Crippen LogP contribution in [0.25, 0.3) is 6.08 Å². The van der Waals surface area contributed by atoms with Crippen molar-refractivity contribution in [3.05, 3.63) is 130 Å². The van der Waals surface area contributed by atoms with Gasteiger partial charge in [0.1, 0.15) is 11.4 Å². The summed E-state index contributed by atoms with van der Waals surface area (Å²) >= 11 is 4.79. The minimum absolute atomic E-state index is 0.0326. The van der Waals surface area contributed by atoms with Gasteiger partial charge in [-0.2, -0.15) is 0 Å². The smallest absolute Gasteiger partial charge is 0.272 e. The molecule has 0 bridgehead atoms. The van der Waals surface area contributed by atoms with Gasteiger partial charge in [-0.25, -0.2) is 0 Å². The molecule has 0 aliphatic rings. The first-order chi connectivity index (χ1) is 18.9. The maximum Gasteiger partial charge on any atom is 0.272 e. The number of para-hydroxylation sites is 1. The first kappa shape index (κ1) is 27.9. The van der Waals surface area contributed by atoms with Crippen molar-refractivity contribution in [2.24, 2.45) is 0 Å². The fourth-order valence-electron chi connectivity index (χ4n) is 3.58. The molecule has 0 fully saturated rings. The van der Waals surface area contributed by atoms with E-state index in [2.05, 4.69) is 26.6 Å². The Kier molecular flexibility index (Phi) is 9.72. The number of methoxy groups -OCH3 is 1. The van der Waals surface area contributed by atoms with Crippen molar-refractivity contribution in [3.63, 3.8) is 0 Å². The molecule has 0 unspecified atom stereocenters. The molecule has 0 aromatic heterocycles. The Balaban J connectivity index is 1.46. The molecule has 6 nitrogen and oxygen atoms in total. The predicted molar refractivity (Wildman–Crippen MR) is 159 cm³/mol. The summed E-state index contributed by atoms with van der Waals surface area (Å²) in [5, 5.41) is 5.56. The summed E-state index contributed by atoms with van der Waals surface area (Å²) in [7, 11) is 1.54. The van der Waals surface area contributed by atoms with E-state index in [1.54, 1.807) is 73.8 Å². The normalized spacial score (nSPS) is 11.0. The van der Waals surface area contributed by atoms with Gasteiger partial charge in [0.05, 0.1) is 12.9 Å². The van der Waals surface area contributed by atoms with Gasteiger partial charge in [0.25, 0.3) is 11.8 Å². The Morgan fingerprint density at radius 3 is 2.18 bits per heavy atom. The molecule has 0 heterocycles. The fraction of sp³-hybridized carbons (Fsp3) is 0.0645. The van der Waals surface area contributed by atoms with Gasteiger partial charge < -0.3 is 15.4 Å². The maximum atomic E-state index is 13.3. The molecule has 0 atom stereocenters. The Bertz CT molecular complexity index is 1490. The number of hydrogen-bond acceptors (Lipinski definition) is 5. The van der Waals surface area contributed by atoms with E-state index in [1.807, 2.05) is 42.5 Å². The highest BCUT2D eigenvalue weighted by Gasteiger charge is 2.16. The number of amides is 2. The zero-order chi connectivity index (χ0) is 27.6. The average molecular weight is 602 g/mol. The minimum Gasteiger partial charge on any atom is -0.496 e. The molecule has 0 aliphatic carbocycles. The van der Waals surface area contributed by atoms with E-state index in [-0.39, 0.29) is 11.5 Å². The highest BCUT2D eigenvalue weighted by molar-refractivity contribution is 9.10. The van der Waals surface area contributed by atoms with Crippen LogP contribution >= 0.6 is 27.7 Å². The van der Waals surface area contributed by atoms with Crippen LogP contribution in [0, 0.1) is 0 Å². The molecule has 0 saturated heterocycles. The number of thioether (sulfide) groups is 1. The molecule has 4 aromatic carbocycles. The first-order valence-corrected chi connectivity index (χ1v) is 13.7. The number of carbonyl (C=O) groups is 3. The van der Waals surface area contributed by atoms with Crippen LogP contribution in [0.3, 0.4) is 0 Å². The lowest BCUT2D eigenvalue weighted by molar-refractivity contribution is -0.113. The third kappa shape index (κ3) is 7.92. The van der Waals surface area contributed by atoms with Crippen molar-refractivity contribution in [1.29, 1.82) is 0 Å². The lowest BCUT2D eigenvalue weighted by atomic mass is 10.1. The monoisotopic (exact) mass is 600 g/mol. The molecule has 0 radical (unpaired) electrons. The van der Waals surface area contributed by atoms with E-state index in [4.69, 9.17) is 4.74 Å². The van der Waals surface area contributed by atoms with Crippen molar-refractivity contribution < 1.29 is 19.1 Å². The number of nitrogens with one attached hydrogen (secondary N) is 2. The van der Waals surface area contributed by atoms with Gasteiger partial charge in [0, 0.05) is 31.7 Å². The van der Waals surface area contributed by atoms with E-state index in [9.17, 15) is 14.4 Å². The lowest BCUT2D eigenvalue weighted by Crippen LogP contribution is -2.30. The number of hydrogen-bond donors (Lipinski definition) is 2. The number of ether oxygens (including phenoxy) is 1. The zero-order valence-corrected chi connectivity index (χ0v) is 23.4. The summed E-state index contributed by atoms with van der Waals surface area (Å²) in [6.45, 7) is 0. The number of halogens is 1. The molecule has 39 heavy (non-hydrogen) atoms. The SMILES string of the molecule is COc1ccccc1/C=C(\NC(=O)c1ccccc1)C(=O)Nc1ccc(SCC(=O)c2ccc(Br)cc2)cc1. The molecule has 0 spiro atoms. The van der Waals surface area contributed by atoms with Crippen LogP contribution in [0.5, 0.6) is 5.75 Å². The third-order valence-electron chi connectivity index (χ3n) is 5.62. The molecule has 2 N–H and O–H groups in total. The molecule has 4 rings (SSSR count). The maximum absolute atomic E-state index is 13.3. The van der Waals surface area contributed by atoms with Crippen molar-refractivity contribution in [2.45, 2.75) is 4.90 Å². The number of anilines is 1. The van der Waals surface area contributed by atoms with Crippen molar-refractivity contribution in [3.8, 4) is 5.75 Å². The second-order valence-corrected chi connectivity index (χ2v) is 10.3. The van der Waals surface area contributed by atoms with Gasteiger partial charge in [-0.1, -0.05) is 64.5 Å². The lowest BCUT2D eigenvalue weighted by Gasteiger charge is -2.13. The van der Waals surface area contributed by atoms with Gasteiger partial charge in [-0.3, -0.25) is 14.4 Å². The van der Waals surface area contributed by atoms with Crippen LogP contribution < -0.4 is 15.4 Å². The highest BCUT2D eigenvalue weighted by atomic mass is 79.9. The number of carbonyl (C=O) groups excluding carboxylic acids is 3. The molecule has 4 aromatic rings. The Morgan fingerprint density at radius 2 is 1.49 bits per heavy atom. The van der Waals surface area contributed by atoms with Crippen LogP contribution in [0.1, 0.15) is 26.3 Å². The zero-order valence-electron chi connectivity index (χ0n) is 21.0. The van der Waals surface area contributed by atoms with Gasteiger partial charge in [0.15, 0.2) is 5.78 Å². The van der Waals surface area contributed by atoms with Gasteiger partial charge in [-0.15, -0.1) is 11.8 Å². The minimum atomic E-state index is -0.490. The summed E-state index contributed by atoms with van der Waals surface area (Å²) in [6.07, 6.45) is 1.58. The van der Waals surface area contributed by atoms with Crippen molar-refractivity contribution in [2.75, 3.05) is 18.2 Å². The standard InChI is InChI=1S/C31H25BrN2O4S/c1-38-29-10-6-5-9-23(29)19-27(34-30(36)22-7-3-2-4-8-22)31(37)33-25-15-17-26(18-16-25)39-20-28(35)21-11-13-24(32)14-12-21/h2-19H,20H2,1H3,(H,33,37)(H,34,36)/b27-19-. The topological polar surface area (TPSA) is 84.5 Å². The Morgan fingerprint density at radius 1 is 0.821 bits per heavy atom. The van der Waals surface area contributed by atoms with Crippen LogP contribution in [-0.4, -0.2) is 30.5 Å². The van der Waals surface area contributed by atoms with Crippen LogP contribution in [0.15, 0.2) is 118 Å². The molecule has 0 saturated carbocycles.